The minimum atomic E-state index is -1.44. The van der Waals surface area contributed by atoms with Gasteiger partial charge < -0.3 is 14.6 Å². The molecule has 2 heterocycles. The fraction of sp³-hybridized carbons (Fsp3) is 0.458. The molecule has 0 radical (unpaired) electrons. The van der Waals surface area contributed by atoms with E-state index >= 15 is 0 Å². The third kappa shape index (κ3) is 17.1. The summed E-state index contributed by atoms with van der Waals surface area (Å²) in [6.07, 6.45) is 4.01. The molecule has 0 bridgehead atoms. The van der Waals surface area contributed by atoms with Crippen LogP contribution in [0.1, 0.15) is 68.9 Å². The number of pyridine rings is 2. The van der Waals surface area contributed by atoms with Crippen LogP contribution in [0.25, 0.3) is 0 Å². The Morgan fingerprint density at radius 2 is 1.31 bits per heavy atom. The first-order chi connectivity index (χ1) is 16.2. The first kappa shape index (κ1) is 32.0. The molecule has 0 spiro atoms. The Balaban J connectivity index is 0.000000594. The van der Waals surface area contributed by atoms with Crippen LogP contribution in [0, 0.1) is 0 Å². The number of carbonyl (C=O) groups is 3. The standard InChI is InChI=1S/C12H17NO3.C12H15NO3.Mn.2O/c2*1-12(2,3)16-11(15)7-10-6-9(8-14)4-5-13-10;;;/h4-6,14H,7-8H2,1-3H3;4-6,8H,7H2,1-3H3;;;. The fourth-order valence-electron chi connectivity index (χ4n) is 2.44. The number of hydrogen-bond acceptors (Lipinski definition) is 10. The van der Waals surface area contributed by atoms with Gasteiger partial charge >= 0.3 is 34.4 Å². The van der Waals surface area contributed by atoms with E-state index in [9.17, 15) is 14.4 Å². The summed E-state index contributed by atoms with van der Waals surface area (Å²) in [6.45, 7) is 10.8. The zero-order valence-electron chi connectivity index (χ0n) is 20.7. The van der Waals surface area contributed by atoms with Crippen molar-refractivity contribution in [2.75, 3.05) is 0 Å². The van der Waals surface area contributed by atoms with Crippen molar-refractivity contribution in [2.45, 2.75) is 72.2 Å². The molecule has 10 nitrogen and oxygen atoms in total. The van der Waals surface area contributed by atoms with Gasteiger partial charge in [-0.25, -0.2) is 0 Å². The second-order valence-corrected chi connectivity index (χ2v) is 9.30. The van der Waals surface area contributed by atoms with Crippen molar-refractivity contribution in [1.82, 2.24) is 9.97 Å². The summed E-state index contributed by atoms with van der Waals surface area (Å²) in [4.78, 5) is 41.6. The van der Waals surface area contributed by atoms with E-state index in [2.05, 4.69) is 9.97 Å². The Labute approximate surface area is 211 Å². The molecular weight excluding hydrogens is 499 g/mol. The van der Waals surface area contributed by atoms with Crippen LogP contribution in [0.4, 0.5) is 0 Å². The first-order valence-electron chi connectivity index (χ1n) is 10.5. The molecule has 193 valence electrons. The van der Waals surface area contributed by atoms with Crippen LogP contribution >= 0.6 is 0 Å². The number of aromatic nitrogens is 2. The number of aliphatic hydroxyl groups excluding tert-OH is 1. The van der Waals surface area contributed by atoms with Crippen molar-refractivity contribution in [3.63, 3.8) is 0 Å². The molecule has 0 saturated heterocycles. The second-order valence-electron chi connectivity index (χ2n) is 9.10. The predicted octanol–water partition coefficient (Wildman–Crippen LogP) is 3.00. The van der Waals surface area contributed by atoms with Gasteiger partial charge in [0.05, 0.1) is 30.8 Å². The zero-order chi connectivity index (χ0) is 27.1. The molecule has 0 fully saturated rings. The molecule has 0 amide bonds. The Morgan fingerprint density at radius 3 is 1.71 bits per heavy atom. The molecule has 2 aromatic heterocycles. The molecule has 35 heavy (non-hydrogen) atoms. The van der Waals surface area contributed by atoms with Gasteiger partial charge in [-0.3, -0.25) is 24.4 Å². The molecule has 0 atom stereocenters. The first-order valence-corrected chi connectivity index (χ1v) is 11.5. The molecule has 1 N–H and O–H groups in total. The molecule has 0 aromatic carbocycles. The van der Waals surface area contributed by atoms with Crippen LogP contribution in [-0.2, 0) is 61.0 Å². The summed E-state index contributed by atoms with van der Waals surface area (Å²) in [7, 11) is 0. The Bertz CT molecular complexity index is 1010. The molecule has 0 aliphatic rings. The quantitative estimate of drug-likeness (QED) is 0.335. The molecule has 0 aliphatic heterocycles. The van der Waals surface area contributed by atoms with Crippen LogP contribution in [0.15, 0.2) is 36.7 Å². The summed E-state index contributed by atoms with van der Waals surface area (Å²) in [5.74, 6) is -0.655. The van der Waals surface area contributed by atoms with E-state index in [-0.39, 0.29) is 31.4 Å². The van der Waals surface area contributed by atoms with Crippen molar-refractivity contribution in [3.05, 3.63) is 59.2 Å². The van der Waals surface area contributed by atoms with Crippen molar-refractivity contribution < 1.29 is 51.5 Å². The van der Waals surface area contributed by atoms with E-state index in [0.29, 0.717) is 17.0 Å². The van der Waals surface area contributed by atoms with E-state index in [1.165, 1.54) is 6.20 Å². The van der Waals surface area contributed by atoms with Crippen molar-refractivity contribution in [1.29, 1.82) is 0 Å². The zero-order valence-corrected chi connectivity index (χ0v) is 21.9. The maximum atomic E-state index is 11.5. The summed E-state index contributed by atoms with van der Waals surface area (Å²) in [5, 5.41) is 8.94. The van der Waals surface area contributed by atoms with Gasteiger partial charge in [-0.1, -0.05) is 0 Å². The van der Waals surface area contributed by atoms with Gasteiger partial charge in [0, 0.05) is 18.0 Å². The summed E-state index contributed by atoms with van der Waals surface area (Å²) in [6, 6.07) is 6.57. The number of carbonyl (C=O) groups excluding carboxylic acids is 3. The van der Waals surface area contributed by atoms with Gasteiger partial charge in [0.1, 0.15) is 17.5 Å². The van der Waals surface area contributed by atoms with E-state index in [4.69, 9.17) is 22.2 Å². The fourth-order valence-corrected chi connectivity index (χ4v) is 2.44. The topological polar surface area (TPSA) is 150 Å². The van der Waals surface area contributed by atoms with E-state index in [0.717, 1.165) is 11.8 Å². The summed E-state index contributed by atoms with van der Waals surface area (Å²) < 4.78 is 27.1. The van der Waals surface area contributed by atoms with E-state index in [1.54, 1.807) is 51.2 Å². The number of ether oxygens (including phenoxy) is 2. The van der Waals surface area contributed by atoms with Gasteiger partial charge in [-0.2, -0.15) is 0 Å². The third-order valence-corrected chi connectivity index (χ3v) is 3.53. The molecule has 0 unspecified atom stereocenters. The Kier molecular flexibility index (Phi) is 14.4. The van der Waals surface area contributed by atoms with Gasteiger partial charge in [-0.05, 0) is 71.4 Å². The maximum absolute atomic E-state index is 11.5. The van der Waals surface area contributed by atoms with Crippen molar-refractivity contribution in [2.24, 2.45) is 0 Å². The Hall–Kier alpha value is -3.01. The van der Waals surface area contributed by atoms with Crippen molar-refractivity contribution in [3.8, 4) is 0 Å². The molecule has 2 aromatic rings. The van der Waals surface area contributed by atoms with Crippen LogP contribution in [-0.4, -0.2) is 44.5 Å². The molecule has 2 rings (SSSR count). The van der Waals surface area contributed by atoms with Gasteiger partial charge in [0.2, 0.25) is 0 Å². The van der Waals surface area contributed by atoms with Gasteiger partial charge in [-0.15, -0.1) is 0 Å². The van der Waals surface area contributed by atoms with Crippen LogP contribution in [0.5, 0.6) is 0 Å². The molecular formula is C24H32MnN2O8. The number of rotatable bonds is 6. The van der Waals surface area contributed by atoms with E-state index < -0.39 is 26.0 Å². The van der Waals surface area contributed by atoms with Crippen molar-refractivity contribution >= 4 is 18.2 Å². The number of aliphatic hydroxyl groups is 1. The van der Waals surface area contributed by atoms with Crippen LogP contribution in [0.3, 0.4) is 0 Å². The summed E-state index contributed by atoms with van der Waals surface area (Å²) >= 11 is -1.44. The monoisotopic (exact) mass is 531 g/mol. The number of aldehydes is 1. The molecule has 0 saturated carbocycles. The van der Waals surface area contributed by atoms with Crippen LogP contribution < -0.4 is 0 Å². The predicted molar refractivity (Wildman–Crippen MR) is 120 cm³/mol. The number of nitrogens with zero attached hydrogens (tertiary/aromatic N) is 2. The van der Waals surface area contributed by atoms with Gasteiger partial charge in [0.15, 0.2) is 0 Å². The average Bonchev–Trinajstić information content (AvgIpc) is 2.72. The summed E-state index contributed by atoms with van der Waals surface area (Å²) in [5.41, 5.74) is 1.42. The van der Waals surface area contributed by atoms with Gasteiger partial charge in [0.25, 0.3) is 0 Å². The molecule has 11 heteroatoms. The Morgan fingerprint density at radius 1 is 0.886 bits per heavy atom. The SMILES string of the molecule is CC(C)(C)OC(=O)Cc1cc(C=O)ccn1.CC(C)(C)OC(=O)Cc1cc(CO)ccn1.[O]=[Mn]=[O]. The minimum absolute atomic E-state index is 0.0517. The molecule has 0 aliphatic carbocycles. The number of hydrogen-bond donors (Lipinski definition) is 1. The normalized spacial score (nSPS) is 10.5. The second kappa shape index (κ2) is 15.8. The third-order valence-electron chi connectivity index (χ3n) is 3.53. The number of esters is 2. The van der Waals surface area contributed by atoms with E-state index in [1.807, 2.05) is 20.8 Å². The average molecular weight is 531 g/mol. The van der Waals surface area contributed by atoms with Crippen LogP contribution in [0.2, 0.25) is 0 Å².